The summed E-state index contributed by atoms with van der Waals surface area (Å²) in [6, 6.07) is 0. The van der Waals surface area contributed by atoms with Crippen molar-refractivity contribution in [3.05, 3.63) is 0 Å². The van der Waals surface area contributed by atoms with Gasteiger partial charge in [-0.25, -0.2) is 9.59 Å². The third-order valence-electron chi connectivity index (χ3n) is 0.156. The molecule has 0 aromatic carbocycles. The molecule has 8 nitrogen and oxygen atoms in total. The molecule has 0 spiro atoms. The SMILES string of the molecule is O=C(O)OO.O=C(O)OO.[NaH].[NaH]. The maximum absolute atomic E-state index is 8.90. The van der Waals surface area contributed by atoms with Crippen molar-refractivity contribution in [3.8, 4) is 0 Å². The Balaban J connectivity index is -0.0000000457. The fourth-order valence-corrected chi connectivity index (χ4v) is 0. The molecule has 0 saturated carbocycles. The molecule has 0 saturated heterocycles. The summed E-state index contributed by atoms with van der Waals surface area (Å²) in [4.78, 5) is 23.1. The standard InChI is InChI=1S/2CH2O4.2Na.2H/c2*2-1(3)5-4;;;;/h2*4H,(H,2,3);;;;. The van der Waals surface area contributed by atoms with Gasteiger partial charge in [0.05, 0.1) is 0 Å². The van der Waals surface area contributed by atoms with Crippen LogP contribution in [-0.4, -0.2) is 92.2 Å². The zero-order valence-electron chi connectivity index (χ0n) is 4.42. The van der Waals surface area contributed by atoms with Gasteiger partial charge >= 0.3 is 71.4 Å². The molecule has 12 heavy (non-hydrogen) atoms. The first-order valence-corrected chi connectivity index (χ1v) is 1.63. The zero-order valence-corrected chi connectivity index (χ0v) is 4.42. The van der Waals surface area contributed by atoms with Gasteiger partial charge in [-0.15, -0.1) is 0 Å². The molecule has 64 valence electrons. The summed E-state index contributed by atoms with van der Waals surface area (Å²) in [7, 11) is 0. The second-order valence-corrected chi connectivity index (χ2v) is 0.714. The van der Waals surface area contributed by atoms with E-state index in [1.54, 1.807) is 0 Å². The Hall–Kier alpha value is 0.460. The zero-order chi connectivity index (χ0) is 8.57. The van der Waals surface area contributed by atoms with E-state index >= 15 is 0 Å². The molecule has 0 unspecified atom stereocenters. The van der Waals surface area contributed by atoms with Crippen molar-refractivity contribution in [1.29, 1.82) is 0 Å². The van der Waals surface area contributed by atoms with Crippen LogP contribution in [0.1, 0.15) is 0 Å². The molecule has 0 heterocycles. The van der Waals surface area contributed by atoms with Gasteiger partial charge in [0, 0.05) is 0 Å². The molecule has 10 heteroatoms. The van der Waals surface area contributed by atoms with Crippen molar-refractivity contribution in [1.82, 2.24) is 0 Å². The van der Waals surface area contributed by atoms with Gasteiger partial charge in [0.25, 0.3) is 0 Å². The summed E-state index contributed by atoms with van der Waals surface area (Å²) in [5.41, 5.74) is 0. The van der Waals surface area contributed by atoms with Gasteiger partial charge in [0.15, 0.2) is 0 Å². The molecule has 0 atom stereocenters. The third kappa shape index (κ3) is 47.1. The van der Waals surface area contributed by atoms with Gasteiger partial charge < -0.3 is 10.2 Å². The van der Waals surface area contributed by atoms with Crippen LogP contribution in [0.15, 0.2) is 0 Å². The Morgan fingerprint density at radius 3 is 0.917 bits per heavy atom. The van der Waals surface area contributed by atoms with Gasteiger partial charge in [0.1, 0.15) is 0 Å². The van der Waals surface area contributed by atoms with Crippen LogP contribution in [0.4, 0.5) is 9.59 Å². The summed E-state index contributed by atoms with van der Waals surface area (Å²) in [5.74, 6) is 0. The van der Waals surface area contributed by atoms with E-state index in [1.807, 2.05) is 0 Å². The molecule has 0 bridgehead atoms. The first-order valence-electron chi connectivity index (χ1n) is 1.63. The molecule has 0 radical (unpaired) electrons. The Labute approximate surface area is 111 Å². The molecular weight excluding hydrogens is 198 g/mol. The molecule has 0 aliphatic heterocycles. The predicted molar refractivity (Wildman–Crippen MR) is 37.8 cm³/mol. The Morgan fingerprint density at radius 2 is 0.917 bits per heavy atom. The molecule has 0 aliphatic rings. The normalized spacial score (nSPS) is 5.50. The minimum atomic E-state index is -1.69. The molecule has 0 aromatic heterocycles. The van der Waals surface area contributed by atoms with Crippen LogP contribution in [0.25, 0.3) is 0 Å². The van der Waals surface area contributed by atoms with Crippen LogP contribution in [0.3, 0.4) is 0 Å². The van der Waals surface area contributed by atoms with E-state index in [1.165, 1.54) is 0 Å². The van der Waals surface area contributed by atoms with Crippen molar-refractivity contribution >= 4 is 71.4 Å². The van der Waals surface area contributed by atoms with E-state index in [0.29, 0.717) is 0 Å². The van der Waals surface area contributed by atoms with Gasteiger partial charge in [0.2, 0.25) is 0 Å². The van der Waals surface area contributed by atoms with Gasteiger partial charge in [-0.1, -0.05) is 0 Å². The summed E-state index contributed by atoms with van der Waals surface area (Å²) in [6.07, 6.45) is -3.38. The van der Waals surface area contributed by atoms with Gasteiger partial charge in [-0.2, -0.15) is 10.5 Å². The van der Waals surface area contributed by atoms with Crippen molar-refractivity contribution < 1.29 is 40.1 Å². The van der Waals surface area contributed by atoms with E-state index in [0.717, 1.165) is 0 Å². The second kappa shape index (κ2) is 17.5. The van der Waals surface area contributed by atoms with Crippen LogP contribution < -0.4 is 0 Å². The van der Waals surface area contributed by atoms with Crippen LogP contribution in [0.2, 0.25) is 0 Å². The number of hydrogen-bond acceptors (Lipinski definition) is 6. The van der Waals surface area contributed by atoms with Gasteiger partial charge in [-0.3, -0.25) is 9.78 Å². The second-order valence-electron chi connectivity index (χ2n) is 0.714. The topological polar surface area (TPSA) is 134 Å². The quantitative estimate of drug-likeness (QED) is 0.224. The first-order chi connectivity index (χ1) is 4.54. The van der Waals surface area contributed by atoms with Crippen LogP contribution in [0, 0.1) is 0 Å². The number of hydrogen-bond donors (Lipinski definition) is 4. The van der Waals surface area contributed by atoms with Crippen molar-refractivity contribution in [2.75, 3.05) is 0 Å². The van der Waals surface area contributed by atoms with E-state index in [4.69, 9.17) is 30.3 Å². The average molecular weight is 204 g/mol. The molecule has 0 aromatic rings. The molecule has 4 N–H and O–H groups in total. The van der Waals surface area contributed by atoms with Crippen molar-refractivity contribution in [2.45, 2.75) is 0 Å². The monoisotopic (exact) mass is 204 g/mol. The average Bonchev–Trinajstić information content (AvgIpc) is 1.89. The molecule has 0 aliphatic carbocycles. The molecule has 0 rings (SSSR count). The maximum atomic E-state index is 8.90. The molecular formula is C2H6Na2O8. The summed E-state index contributed by atoms with van der Waals surface area (Å²) in [6.45, 7) is 0. The van der Waals surface area contributed by atoms with Crippen LogP contribution in [-0.2, 0) is 9.78 Å². The minimum absolute atomic E-state index is 0. The van der Waals surface area contributed by atoms with Crippen LogP contribution >= 0.6 is 0 Å². The Morgan fingerprint density at radius 1 is 0.833 bits per heavy atom. The molecule has 0 amide bonds. The van der Waals surface area contributed by atoms with E-state index < -0.39 is 12.3 Å². The number of carbonyl (C=O) groups is 2. The molecule has 0 fully saturated rings. The Bertz CT molecular complexity index is 99.6. The predicted octanol–water partition coefficient (Wildman–Crippen LogP) is -0.989. The number of rotatable bonds is 0. The fourth-order valence-electron chi connectivity index (χ4n) is 0. The van der Waals surface area contributed by atoms with E-state index in [2.05, 4.69) is 9.78 Å². The fraction of sp³-hybridized carbons (Fsp3) is 0. The summed E-state index contributed by atoms with van der Waals surface area (Å²) >= 11 is 0. The Kier molecular flexibility index (Phi) is 33.4. The van der Waals surface area contributed by atoms with Crippen molar-refractivity contribution in [2.24, 2.45) is 0 Å². The first kappa shape index (κ1) is 22.9. The van der Waals surface area contributed by atoms with Crippen molar-refractivity contribution in [3.63, 3.8) is 0 Å². The van der Waals surface area contributed by atoms with Crippen LogP contribution in [0.5, 0.6) is 0 Å². The third-order valence-corrected chi connectivity index (χ3v) is 0.156. The summed E-state index contributed by atoms with van der Waals surface area (Å²) < 4.78 is 0. The van der Waals surface area contributed by atoms with E-state index in [-0.39, 0.29) is 59.1 Å². The van der Waals surface area contributed by atoms with Gasteiger partial charge in [-0.05, 0) is 0 Å². The van der Waals surface area contributed by atoms with E-state index in [9.17, 15) is 0 Å². The number of carboxylic acid groups (broad SMARTS) is 2. The summed E-state index contributed by atoms with van der Waals surface area (Å²) in [5, 5.41) is 28.6.